The summed E-state index contributed by atoms with van der Waals surface area (Å²) in [7, 11) is 1.58. The molecule has 0 radical (unpaired) electrons. The van der Waals surface area contributed by atoms with Gasteiger partial charge in [0.1, 0.15) is 5.54 Å². The van der Waals surface area contributed by atoms with Crippen LogP contribution in [0.1, 0.15) is 13.8 Å². The number of rotatable bonds is 6. The molecule has 1 unspecified atom stereocenters. The third kappa shape index (κ3) is 3.10. The number of likely N-dealkylation sites (N-methyl/N-ethyl adjacent to an activating group) is 1. The van der Waals surface area contributed by atoms with E-state index in [-0.39, 0.29) is 11.4 Å². The Morgan fingerprint density at radius 3 is 2.76 bits per heavy atom. The second kappa shape index (κ2) is 5.37. The molecule has 3 N–H and O–H groups in total. The summed E-state index contributed by atoms with van der Waals surface area (Å²) < 4.78 is 1.35. The molecule has 1 rings (SSSR count). The summed E-state index contributed by atoms with van der Waals surface area (Å²) in [6, 6.07) is 0. The van der Waals surface area contributed by atoms with E-state index in [1.165, 1.54) is 16.3 Å². The first kappa shape index (κ1) is 13.8. The molecule has 0 aliphatic rings. The van der Waals surface area contributed by atoms with Gasteiger partial charge in [-0.1, -0.05) is 18.7 Å². The molecule has 0 aliphatic carbocycles. The fourth-order valence-electron chi connectivity index (χ4n) is 1.25. The number of carboxylic acid groups (broad SMARTS) is 1. The molecule has 0 aliphatic heterocycles. The Morgan fingerprint density at radius 2 is 2.35 bits per heavy atom. The second-order valence-electron chi connectivity index (χ2n) is 3.83. The lowest BCUT2D eigenvalue weighted by molar-refractivity contribution is -0.143. The number of nitrogens with one attached hydrogen (secondary N) is 2. The van der Waals surface area contributed by atoms with Crippen LogP contribution in [0.2, 0.25) is 0 Å². The zero-order valence-electron chi connectivity index (χ0n) is 9.98. The Bertz CT molecular complexity index is 455. The number of carbonyl (C=O) groups is 1. The maximum Gasteiger partial charge on any atom is 0.343 e. The number of nitrogens with zero attached hydrogens (tertiary/aromatic N) is 2. The standard InChI is InChI=1S/C9H16N4O3S/c1-4-10-9(2,6(14)15)5-17-8-12-11-7(16)13(8)3/h10H,4-5H2,1-3H3,(H,11,16)(H,14,15). The fraction of sp³-hybridized carbons (Fsp3) is 0.667. The first-order chi connectivity index (χ1) is 7.90. The summed E-state index contributed by atoms with van der Waals surface area (Å²) in [5, 5.41) is 18.6. The van der Waals surface area contributed by atoms with Crippen molar-refractivity contribution in [2.24, 2.45) is 7.05 Å². The van der Waals surface area contributed by atoms with Crippen molar-refractivity contribution in [1.82, 2.24) is 20.1 Å². The SMILES string of the molecule is CCNC(C)(CSc1n[nH]c(=O)n1C)C(=O)O. The Labute approximate surface area is 103 Å². The van der Waals surface area contributed by atoms with Crippen LogP contribution in [0, 0.1) is 0 Å². The van der Waals surface area contributed by atoms with Crippen LogP contribution < -0.4 is 11.0 Å². The third-order valence-corrected chi connectivity index (χ3v) is 3.71. The molecule has 0 spiro atoms. The van der Waals surface area contributed by atoms with Crippen LogP contribution in [0.5, 0.6) is 0 Å². The van der Waals surface area contributed by atoms with Gasteiger partial charge in [-0.05, 0) is 13.5 Å². The average Bonchev–Trinajstić information content (AvgIpc) is 2.57. The predicted molar refractivity (Wildman–Crippen MR) is 64.3 cm³/mol. The minimum Gasteiger partial charge on any atom is -0.480 e. The molecule has 0 aromatic carbocycles. The van der Waals surface area contributed by atoms with Gasteiger partial charge in [-0.2, -0.15) is 0 Å². The van der Waals surface area contributed by atoms with Crippen LogP contribution in [0.4, 0.5) is 0 Å². The zero-order valence-corrected chi connectivity index (χ0v) is 10.8. The van der Waals surface area contributed by atoms with E-state index in [0.29, 0.717) is 11.7 Å². The molecule has 0 saturated carbocycles. The third-order valence-electron chi connectivity index (χ3n) is 2.37. The predicted octanol–water partition coefficient (Wildman–Crippen LogP) is -0.347. The summed E-state index contributed by atoms with van der Waals surface area (Å²) in [5.74, 6) is -0.638. The number of H-pyrrole nitrogens is 1. The molecule has 7 nitrogen and oxygen atoms in total. The summed E-state index contributed by atoms with van der Waals surface area (Å²) >= 11 is 1.22. The van der Waals surface area contributed by atoms with Gasteiger partial charge in [-0.25, -0.2) is 9.89 Å². The van der Waals surface area contributed by atoms with Gasteiger partial charge in [-0.15, -0.1) is 5.10 Å². The summed E-state index contributed by atoms with van der Waals surface area (Å²) in [6.45, 7) is 4.01. The van der Waals surface area contributed by atoms with Gasteiger partial charge < -0.3 is 10.4 Å². The number of aromatic nitrogens is 3. The van der Waals surface area contributed by atoms with Crippen LogP contribution in [0.25, 0.3) is 0 Å². The molecule has 0 amide bonds. The number of carboxylic acids is 1. The minimum absolute atomic E-state index is 0.286. The van der Waals surface area contributed by atoms with Gasteiger partial charge in [-0.3, -0.25) is 9.36 Å². The summed E-state index contributed by atoms with van der Waals surface area (Å²) in [6.07, 6.45) is 0. The monoisotopic (exact) mass is 260 g/mol. The number of aliphatic carboxylic acids is 1. The maximum atomic E-state index is 11.1. The molecule has 1 atom stereocenters. The molecular formula is C9H16N4O3S. The number of thioether (sulfide) groups is 1. The molecule has 0 bridgehead atoms. The van der Waals surface area contributed by atoms with Crippen molar-refractivity contribution in [3.8, 4) is 0 Å². The molecule has 96 valence electrons. The Hall–Kier alpha value is -1.28. The highest BCUT2D eigenvalue weighted by atomic mass is 32.2. The fourth-order valence-corrected chi connectivity index (χ4v) is 2.28. The van der Waals surface area contributed by atoms with E-state index in [2.05, 4.69) is 15.5 Å². The van der Waals surface area contributed by atoms with Crippen molar-refractivity contribution >= 4 is 17.7 Å². The Kier molecular flexibility index (Phi) is 4.35. The molecule has 1 heterocycles. The van der Waals surface area contributed by atoms with E-state index >= 15 is 0 Å². The van der Waals surface area contributed by atoms with Crippen molar-refractivity contribution in [3.05, 3.63) is 10.5 Å². The van der Waals surface area contributed by atoms with E-state index in [9.17, 15) is 9.59 Å². The van der Waals surface area contributed by atoms with Crippen molar-refractivity contribution in [2.45, 2.75) is 24.5 Å². The molecule has 1 aromatic rings. The van der Waals surface area contributed by atoms with Crippen LogP contribution in [-0.4, -0.2) is 43.7 Å². The minimum atomic E-state index is -1.03. The quantitative estimate of drug-likeness (QED) is 0.605. The smallest absolute Gasteiger partial charge is 0.343 e. The van der Waals surface area contributed by atoms with Crippen LogP contribution in [-0.2, 0) is 11.8 Å². The Balaban J connectivity index is 2.74. The largest absolute Gasteiger partial charge is 0.480 e. The highest BCUT2D eigenvalue weighted by Crippen LogP contribution is 2.19. The second-order valence-corrected chi connectivity index (χ2v) is 4.77. The first-order valence-electron chi connectivity index (χ1n) is 5.13. The van der Waals surface area contributed by atoms with Crippen molar-refractivity contribution in [2.75, 3.05) is 12.3 Å². The normalized spacial score (nSPS) is 14.5. The van der Waals surface area contributed by atoms with Gasteiger partial charge >= 0.3 is 11.7 Å². The lowest BCUT2D eigenvalue weighted by Crippen LogP contribution is -2.51. The summed E-state index contributed by atoms with van der Waals surface area (Å²) in [4.78, 5) is 22.3. The molecule has 17 heavy (non-hydrogen) atoms. The number of hydrogen-bond acceptors (Lipinski definition) is 5. The van der Waals surface area contributed by atoms with E-state index in [4.69, 9.17) is 5.11 Å². The topological polar surface area (TPSA) is 100 Å². The van der Waals surface area contributed by atoms with Gasteiger partial charge in [0.05, 0.1) is 0 Å². The highest BCUT2D eigenvalue weighted by Gasteiger charge is 2.32. The van der Waals surface area contributed by atoms with Crippen LogP contribution >= 0.6 is 11.8 Å². The summed E-state index contributed by atoms with van der Waals surface area (Å²) in [5.41, 5.74) is -1.35. The molecular weight excluding hydrogens is 244 g/mol. The van der Waals surface area contributed by atoms with Crippen molar-refractivity contribution in [3.63, 3.8) is 0 Å². The molecule has 0 fully saturated rings. The van der Waals surface area contributed by atoms with E-state index in [1.54, 1.807) is 14.0 Å². The van der Waals surface area contributed by atoms with E-state index in [0.717, 1.165) is 0 Å². The first-order valence-corrected chi connectivity index (χ1v) is 6.12. The lowest BCUT2D eigenvalue weighted by Gasteiger charge is -2.24. The average molecular weight is 260 g/mol. The van der Waals surface area contributed by atoms with Crippen molar-refractivity contribution in [1.29, 1.82) is 0 Å². The molecule has 1 aromatic heterocycles. The van der Waals surface area contributed by atoms with E-state index < -0.39 is 11.5 Å². The number of hydrogen-bond donors (Lipinski definition) is 3. The molecule has 8 heteroatoms. The zero-order chi connectivity index (χ0) is 13.1. The lowest BCUT2D eigenvalue weighted by atomic mass is 10.1. The number of aromatic amines is 1. The Morgan fingerprint density at radius 1 is 1.71 bits per heavy atom. The highest BCUT2D eigenvalue weighted by molar-refractivity contribution is 7.99. The molecule has 0 saturated heterocycles. The van der Waals surface area contributed by atoms with Crippen LogP contribution in [0.3, 0.4) is 0 Å². The van der Waals surface area contributed by atoms with Crippen molar-refractivity contribution < 1.29 is 9.90 Å². The van der Waals surface area contributed by atoms with Gasteiger partial charge in [0.2, 0.25) is 0 Å². The maximum absolute atomic E-state index is 11.1. The van der Waals surface area contributed by atoms with Gasteiger partial charge in [0.25, 0.3) is 0 Å². The van der Waals surface area contributed by atoms with Gasteiger partial charge in [0, 0.05) is 12.8 Å². The van der Waals surface area contributed by atoms with Gasteiger partial charge in [0.15, 0.2) is 5.16 Å². The van der Waals surface area contributed by atoms with E-state index in [1.807, 2.05) is 6.92 Å². The van der Waals surface area contributed by atoms with Crippen LogP contribution in [0.15, 0.2) is 9.95 Å².